The van der Waals surface area contributed by atoms with E-state index in [1.54, 1.807) is 13.8 Å². The van der Waals surface area contributed by atoms with E-state index in [9.17, 15) is 13.2 Å². The summed E-state index contributed by atoms with van der Waals surface area (Å²) in [7, 11) is -3.58. The van der Waals surface area contributed by atoms with Crippen molar-refractivity contribution in [3.63, 3.8) is 0 Å². The molecule has 1 aliphatic rings. The predicted octanol–water partition coefficient (Wildman–Crippen LogP) is 2.21. The summed E-state index contributed by atoms with van der Waals surface area (Å²) in [5, 5.41) is 6.75. The summed E-state index contributed by atoms with van der Waals surface area (Å²) in [5.74, 6) is 0.0860. The molecule has 0 aliphatic carbocycles. The molecule has 2 aromatic rings. The van der Waals surface area contributed by atoms with Gasteiger partial charge in [-0.25, -0.2) is 8.42 Å². The third kappa shape index (κ3) is 4.04. The Balaban J connectivity index is 1.66. The molecule has 160 valence electrons. The molecule has 1 fully saturated rings. The van der Waals surface area contributed by atoms with Crippen LogP contribution < -0.4 is 0 Å². The summed E-state index contributed by atoms with van der Waals surface area (Å²) >= 11 is 0. The third-order valence-corrected chi connectivity index (χ3v) is 7.82. The average molecular weight is 422 g/mol. The molecule has 0 spiro atoms. The van der Waals surface area contributed by atoms with Crippen LogP contribution in [0.25, 0.3) is 0 Å². The Morgan fingerprint density at radius 3 is 2.24 bits per heavy atom. The van der Waals surface area contributed by atoms with Crippen molar-refractivity contribution in [3.8, 4) is 0 Å². The maximum atomic E-state index is 13.0. The van der Waals surface area contributed by atoms with Gasteiger partial charge in [0.1, 0.15) is 4.90 Å². The van der Waals surface area contributed by atoms with Crippen LogP contribution in [0.1, 0.15) is 53.0 Å². The number of ketones is 1. The number of hydrogen-bond acceptors (Lipinski definition) is 5. The third-order valence-electron chi connectivity index (χ3n) is 5.66. The first-order valence-corrected chi connectivity index (χ1v) is 11.4. The maximum absolute atomic E-state index is 13.0. The SMILES string of the molecule is Cc1n[nH]c(C)c1S(=O)(=O)N1CCN(CC(=O)c2cc(C)n(C(C)C)c2C)CC1. The van der Waals surface area contributed by atoms with E-state index in [2.05, 4.69) is 28.6 Å². The van der Waals surface area contributed by atoms with Gasteiger partial charge in [-0.2, -0.15) is 9.40 Å². The number of nitrogens with zero attached hydrogens (tertiary/aromatic N) is 4. The monoisotopic (exact) mass is 421 g/mol. The summed E-state index contributed by atoms with van der Waals surface area (Å²) in [5.41, 5.74) is 3.88. The molecule has 0 aromatic carbocycles. The van der Waals surface area contributed by atoms with Gasteiger partial charge in [0.25, 0.3) is 0 Å². The zero-order chi connectivity index (χ0) is 21.5. The molecule has 0 saturated carbocycles. The minimum absolute atomic E-state index is 0.0860. The molecule has 0 radical (unpaired) electrons. The van der Waals surface area contributed by atoms with Crippen molar-refractivity contribution in [3.05, 3.63) is 34.4 Å². The van der Waals surface area contributed by atoms with E-state index in [1.165, 1.54) is 4.31 Å². The summed E-state index contributed by atoms with van der Waals surface area (Å²) in [4.78, 5) is 15.2. The fourth-order valence-corrected chi connectivity index (χ4v) is 6.07. The molecule has 3 rings (SSSR count). The fourth-order valence-electron chi connectivity index (χ4n) is 4.32. The number of sulfonamides is 1. The van der Waals surface area contributed by atoms with Crippen LogP contribution in [0.2, 0.25) is 0 Å². The van der Waals surface area contributed by atoms with Crippen molar-refractivity contribution in [2.24, 2.45) is 0 Å². The van der Waals surface area contributed by atoms with Gasteiger partial charge in [-0.3, -0.25) is 14.8 Å². The van der Waals surface area contributed by atoms with E-state index < -0.39 is 10.0 Å². The van der Waals surface area contributed by atoms with Crippen molar-refractivity contribution < 1.29 is 13.2 Å². The highest BCUT2D eigenvalue weighted by Crippen LogP contribution is 2.24. The van der Waals surface area contributed by atoms with Gasteiger partial charge in [-0.15, -0.1) is 0 Å². The Kier molecular flexibility index (Phi) is 6.03. The average Bonchev–Trinajstić information content (AvgIpc) is 3.13. The molecule has 8 nitrogen and oxygen atoms in total. The highest BCUT2D eigenvalue weighted by molar-refractivity contribution is 7.89. The molecule has 3 heterocycles. The zero-order valence-electron chi connectivity index (χ0n) is 18.1. The molecular weight excluding hydrogens is 390 g/mol. The van der Waals surface area contributed by atoms with Crippen LogP contribution in [-0.4, -0.2) is 70.9 Å². The minimum atomic E-state index is -3.58. The summed E-state index contributed by atoms with van der Waals surface area (Å²) in [6.07, 6.45) is 0. The predicted molar refractivity (Wildman–Crippen MR) is 112 cm³/mol. The number of nitrogens with one attached hydrogen (secondary N) is 1. The van der Waals surface area contributed by atoms with Crippen LogP contribution in [0.4, 0.5) is 0 Å². The normalized spacial score (nSPS) is 16.7. The van der Waals surface area contributed by atoms with E-state index >= 15 is 0 Å². The Hall–Kier alpha value is -1.97. The van der Waals surface area contributed by atoms with Crippen LogP contribution in [0.3, 0.4) is 0 Å². The standard InChI is InChI=1S/C20H31N5O3S/c1-13(2)25-14(3)11-18(17(25)6)19(26)12-23-7-9-24(10-8-23)29(27,28)20-15(4)21-22-16(20)5/h11,13H,7-10,12H2,1-6H3,(H,21,22). The number of piperazine rings is 1. The fraction of sp³-hybridized carbons (Fsp3) is 0.600. The lowest BCUT2D eigenvalue weighted by molar-refractivity contribution is 0.0901. The number of aromatic amines is 1. The second-order valence-electron chi connectivity index (χ2n) is 8.12. The largest absolute Gasteiger partial charge is 0.346 e. The maximum Gasteiger partial charge on any atom is 0.246 e. The summed E-state index contributed by atoms with van der Waals surface area (Å²) in [6, 6.07) is 2.27. The summed E-state index contributed by atoms with van der Waals surface area (Å²) < 4.78 is 29.6. The van der Waals surface area contributed by atoms with Crippen molar-refractivity contribution in [2.75, 3.05) is 32.7 Å². The van der Waals surface area contributed by atoms with Crippen LogP contribution in [0.5, 0.6) is 0 Å². The molecule has 1 N–H and O–H groups in total. The molecule has 0 bridgehead atoms. The molecule has 0 atom stereocenters. The first-order valence-electron chi connectivity index (χ1n) is 9.99. The molecule has 0 amide bonds. The number of rotatable bonds is 6. The molecular formula is C20H31N5O3S. The molecule has 1 saturated heterocycles. The summed E-state index contributed by atoms with van der Waals surface area (Å²) in [6.45, 7) is 13.7. The molecule has 0 unspecified atom stereocenters. The van der Waals surface area contributed by atoms with E-state index in [0.717, 1.165) is 17.0 Å². The number of hydrogen-bond donors (Lipinski definition) is 1. The van der Waals surface area contributed by atoms with Crippen LogP contribution in [0, 0.1) is 27.7 Å². The van der Waals surface area contributed by atoms with Crippen LogP contribution >= 0.6 is 0 Å². The number of aryl methyl sites for hydroxylation is 3. The quantitative estimate of drug-likeness (QED) is 0.722. The molecule has 9 heteroatoms. The Morgan fingerprint density at radius 2 is 1.76 bits per heavy atom. The second-order valence-corrected chi connectivity index (χ2v) is 9.99. The van der Waals surface area contributed by atoms with E-state index in [1.807, 2.05) is 24.8 Å². The molecule has 1 aliphatic heterocycles. The lowest BCUT2D eigenvalue weighted by Gasteiger charge is -2.33. The van der Waals surface area contributed by atoms with Crippen LogP contribution in [-0.2, 0) is 10.0 Å². The Bertz CT molecular complexity index is 992. The van der Waals surface area contributed by atoms with Gasteiger partial charge in [-0.1, -0.05) is 0 Å². The lowest BCUT2D eigenvalue weighted by atomic mass is 10.1. The number of H-pyrrole nitrogens is 1. The van der Waals surface area contributed by atoms with Crippen molar-refractivity contribution in [2.45, 2.75) is 52.5 Å². The van der Waals surface area contributed by atoms with Gasteiger partial charge < -0.3 is 4.57 Å². The highest BCUT2D eigenvalue weighted by Gasteiger charge is 2.32. The van der Waals surface area contributed by atoms with Gasteiger partial charge in [0.05, 0.1) is 17.9 Å². The lowest BCUT2D eigenvalue weighted by Crippen LogP contribution is -2.49. The molecule has 29 heavy (non-hydrogen) atoms. The van der Waals surface area contributed by atoms with E-state index in [4.69, 9.17) is 0 Å². The molecule has 2 aromatic heterocycles. The smallest absolute Gasteiger partial charge is 0.246 e. The van der Waals surface area contributed by atoms with E-state index in [0.29, 0.717) is 50.2 Å². The van der Waals surface area contributed by atoms with Crippen molar-refractivity contribution in [1.29, 1.82) is 0 Å². The highest BCUT2D eigenvalue weighted by atomic mass is 32.2. The first-order chi connectivity index (χ1) is 13.5. The van der Waals surface area contributed by atoms with Gasteiger partial charge >= 0.3 is 0 Å². The minimum Gasteiger partial charge on any atom is -0.346 e. The number of aromatic nitrogens is 3. The second kappa shape index (κ2) is 8.04. The van der Waals surface area contributed by atoms with E-state index in [-0.39, 0.29) is 10.7 Å². The van der Waals surface area contributed by atoms with Crippen molar-refractivity contribution >= 4 is 15.8 Å². The zero-order valence-corrected chi connectivity index (χ0v) is 18.9. The first kappa shape index (κ1) is 21.7. The van der Waals surface area contributed by atoms with Crippen LogP contribution in [0.15, 0.2) is 11.0 Å². The van der Waals surface area contributed by atoms with Gasteiger partial charge in [-0.05, 0) is 47.6 Å². The van der Waals surface area contributed by atoms with Gasteiger partial charge in [0.15, 0.2) is 5.78 Å². The van der Waals surface area contributed by atoms with Gasteiger partial charge in [0.2, 0.25) is 10.0 Å². The number of carbonyl (C=O) groups is 1. The number of carbonyl (C=O) groups excluding carboxylic acids is 1. The Morgan fingerprint density at radius 1 is 1.14 bits per heavy atom. The Labute approximate surface area is 172 Å². The van der Waals surface area contributed by atoms with Crippen molar-refractivity contribution in [1.82, 2.24) is 24.0 Å². The van der Waals surface area contributed by atoms with Gasteiger partial charge in [0, 0.05) is 49.2 Å². The number of Topliss-reactive ketones (excluding diaryl/α,β-unsaturated/α-hetero) is 1. The topological polar surface area (TPSA) is 91.3 Å².